The number of benzene rings is 2. The Bertz CT molecular complexity index is 882. The van der Waals surface area contributed by atoms with Crippen molar-refractivity contribution in [3.05, 3.63) is 58.1 Å². The van der Waals surface area contributed by atoms with Crippen LogP contribution in [0.2, 0.25) is 0 Å². The van der Waals surface area contributed by atoms with Gasteiger partial charge in [0.1, 0.15) is 0 Å². The summed E-state index contributed by atoms with van der Waals surface area (Å²) in [4.78, 5) is 27.9. The minimum absolute atomic E-state index is 0.135. The Morgan fingerprint density at radius 2 is 1.80 bits per heavy atom. The number of anilines is 2. The lowest BCUT2D eigenvalue weighted by molar-refractivity contribution is 0.0947. The number of carbonyl (C=O) groups is 2. The number of ether oxygens (including phenoxy) is 1. The number of amides is 2. The van der Waals surface area contributed by atoms with Crippen molar-refractivity contribution in [2.75, 3.05) is 43.6 Å². The molecule has 1 fully saturated rings. The summed E-state index contributed by atoms with van der Waals surface area (Å²) in [7, 11) is 1.65. The highest BCUT2D eigenvalue weighted by molar-refractivity contribution is 9.10. The summed E-state index contributed by atoms with van der Waals surface area (Å²) in [6.07, 6.45) is 4.21. The quantitative estimate of drug-likeness (QED) is 0.555. The van der Waals surface area contributed by atoms with Crippen LogP contribution in [0.25, 0.3) is 0 Å². The summed E-state index contributed by atoms with van der Waals surface area (Å²) >= 11 is 3.41. The Kier molecular flexibility index (Phi) is 8.28. The van der Waals surface area contributed by atoms with Crippen LogP contribution in [0.15, 0.2) is 46.9 Å². The van der Waals surface area contributed by atoms with Crippen molar-refractivity contribution in [1.29, 1.82) is 0 Å². The van der Waals surface area contributed by atoms with Gasteiger partial charge < -0.3 is 20.3 Å². The molecule has 0 aromatic heterocycles. The van der Waals surface area contributed by atoms with Crippen LogP contribution in [0.3, 0.4) is 0 Å². The number of hydrogen-bond acceptors (Lipinski definition) is 4. The van der Waals surface area contributed by atoms with E-state index in [0.717, 1.165) is 42.5 Å². The van der Waals surface area contributed by atoms with Gasteiger partial charge in [-0.1, -0.05) is 12.1 Å². The van der Waals surface area contributed by atoms with Gasteiger partial charge in [-0.15, -0.1) is 0 Å². The molecule has 0 radical (unpaired) electrons. The Hall–Kier alpha value is -2.38. The third-order valence-electron chi connectivity index (χ3n) is 5.13. The zero-order chi connectivity index (χ0) is 21.3. The molecule has 2 aromatic carbocycles. The van der Waals surface area contributed by atoms with Crippen LogP contribution in [0, 0.1) is 0 Å². The predicted molar refractivity (Wildman–Crippen MR) is 123 cm³/mol. The zero-order valence-corrected chi connectivity index (χ0v) is 18.8. The number of piperidine rings is 1. The molecule has 1 heterocycles. The summed E-state index contributed by atoms with van der Waals surface area (Å²) in [6.45, 7) is 3.01. The minimum Gasteiger partial charge on any atom is -0.385 e. The lowest BCUT2D eigenvalue weighted by Gasteiger charge is -2.30. The van der Waals surface area contributed by atoms with Gasteiger partial charge in [0.05, 0.1) is 11.1 Å². The summed E-state index contributed by atoms with van der Waals surface area (Å²) in [5, 5.41) is 5.88. The molecule has 160 valence electrons. The van der Waals surface area contributed by atoms with Gasteiger partial charge in [0, 0.05) is 49.2 Å². The Labute approximate surface area is 186 Å². The fraction of sp³-hybridized carbons (Fsp3) is 0.391. The van der Waals surface area contributed by atoms with Crippen molar-refractivity contribution >= 4 is 39.1 Å². The molecule has 6 nitrogen and oxygen atoms in total. The molecule has 30 heavy (non-hydrogen) atoms. The standard InChI is InChI=1S/C23H28BrN3O3/c1-30-15-7-12-25-22(28)19-16-17(10-11-21(19)27-13-5-2-6-14-27)26-23(29)18-8-3-4-9-20(18)24/h3-4,8-11,16H,2,5-7,12-15H2,1H3,(H,25,28)(H,26,29). The molecule has 0 atom stereocenters. The van der Waals surface area contributed by atoms with Crippen molar-refractivity contribution in [2.24, 2.45) is 0 Å². The molecule has 0 bridgehead atoms. The highest BCUT2D eigenvalue weighted by Gasteiger charge is 2.20. The lowest BCUT2D eigenvalue weighted by atomic mass is 10.1. The van der Waals surface area contributed by atoms with Gasteiger partial charge in [-0.25, -0.2) is 0 Å². The van der Waals surface area contributed by atoms with Crippen LogP contribution in [0.1, 0.15) is 46.4 Å². The van der Waals surface area contributed by atoms with E-state index in [1.807, 2.05) is 30.3 Å². The molecular formula is C23H28BrN3O3. The first-order chi connectivity index (χ1) is 14.6. The Morgan fingerprint density at radius 3 is 2.53 bits per heavy atom. The van der Waals surface area contributed by atoms with Crippen LogP contribution in [0.5, 0.6) is 0 Å². The largest absolute Gasteiger partial charge is 0.385 e. The topological polar surface area (TPSA) is 70.7 Å². The van der Waals surface area contributed by atoms with E-state index in [2.05, 4.69) is 31.5 Å². The lowest BCUT2D eigenvalue weighted by Crippen LogP contribution is -2.33. The number of halogens is 1. The van der Waals surface area contributed by atoms with E-state index in [1.165, 1.54) is 6.42 Å². The summed E-state index contributed by atoms with van der Waals surface area (Å²) < 4.78 is 5.78. The number of rotatable bonds is 8. The van der Waals surface area contributed by atoms with Crippen molar-refractivity contribution in [3.8, 4) is 0 Å². The van der Waals surface area contributed by atoms with E-state index in [9.17, 15) is 9.59 Å². The van der Waals surface area contributed by atoms with Gasteiger partial charge in [0.15, 0.2) is 0 Å². The molecule has 0 unspecified atom stereocenters. The number of nitrogens with one attached hydrogen (secondary N) is 2. The fourth-order valence-electron chi connectivity index (χ4n) is 3.56. The third-order valence-corrected chi connectivity index (χ3v) is 5.82. The predicted octanol–water partition coefficient (Wildman–Crippen LogP) is 4.46. The first kappa shape index (κ1) is 22.3. The number of nitrogens with zero attached hydrogens (tertiary/aromatic N) is 1. The maximum Gasteiger partial charge on any atom is 0.256 e. The smallest absolute Gasteiger partial charge is 0.256 e. The molecule has 7 heteroatoms. The van der Waals surface area contributed by atoms with E-state index < -0.39 is 0 Å². The highest BCUT2D eigenvalue weighted by atomic mass is 79.9. The van der Waals surface area contributed by atoms with Crippen molar-refractivity contribution < 1.29 is 14.3 Å². The van der Waals surface area contributed by atoms with Crippen molar-refractivity contribution in [3.63, 3.8) is 0 Å². The summed E-state index contributed by atoms with van der Waals surface area (Å²) in [6, 6.07) is 12.8. The molecule has 1 aliphatic heterocycles. The number of methoxy groups -OCH3 is 1. The van der Waals surface area contributed by atoms with Gasteiger partial charge in [-0.05, 0) is 71.9 Å². The average molecular weight is 474 g/mol. The zero-order valence-electron chi connectivity index (χ0n) is 17.2. The number of hydrogen-bond donors (Lipinski definition) is 2. The minimum atomic E-state index is -0.223. The van der Waals surface area contributed by atoms with Crippen molar-refractivity contribution in [1.82, 2.24) is 5.32 Å². The van der Waals surface area contributed by atoms with Gasteiger partial charge >= 0.3 is 0 Å². The summed E-state index contributed by atoms with van der Waals surface area (Å²) in [5.74, 6) is -0.358. The molecule has 1 aliphatic rings. The fourth-order valence-corrected chi connectivity index (χ4v) is 4.03. The normalized spacial score (nSPS) is 13.7. The molecule has 2 aromatic rings. The van der Waals surface area contributed by atoms with E-state index in [-0.39, 0.29) is 11.8 Å². The maximum atomic E-state index is 12.9. The molecule has 3 rings (SSSR count). The van der Waals surface area contributed by atoms with Gasteiger partial charge in [-0.2, -0.15) is 0 Å². The van der Waals surface area contributed by atoms with E-state index >= 15 is 0 Å². The van der Waals surface area contributed by atoms with Gasteiger partial charge in [0.2, 0.25) is 0 Å². The SMILES string of the molecule is COCCCNC(=O)c1cc(NC(=O)c2ccccc2Br)ccc1N1CCCCC1. The monoisotopic (exact) mass is 473 g/mol. The molecular weight excluding hydrogens is 446 g/mol. The maximum absolute atomic E-state index is 12.9. The highest BCUT2D eigenvalue weighted by Crippen LogP contribution is 2.28. The molecule has 2 amide bonds. The van der Waals surface area contributed by atoms with E-state index in [0.29, 0.717) is 30.0 Å². The van der Waals surface area contributed by atoms with E-state index in [4.69, 9.17) is 4.74 Å². The molecule has 2 N–H and O–H groups in total. The van der Waals surface area contributed by atoms with Crippen molar-refractivity contribution in [2.45, 2.75) is 25.7 Å². The average Bonchev–Trinajstić information content (AvgIpc) is 2.77. The van der Waals surface area contributed by atoms with Crippen LogP contribution < -0.4 is 15.5 Å². The van der Waals surface area contributed by atoms with Crippen LogP contribution in [-0.4, -0.2) is 45.2 Å². The molecule has 1 saturated heterocycles. The second-order valence-corrected chi connectivity index (χ2v) is 8.17. The van der Waals surface area contributed by atoms with Gasteiger partial charge in [0.25, 0.3) is 11.8 Å². The Balaban J connectivity index is 1.81. The number of carbonyl (C=O) groups excluding carboxylic acids is 2. The Morgan fingerprint density at radius 1 is 1.03 bits per heavy atom. The van der Waals surface area contributed by atoms with Crippen LogP contribution in [0.4, 0.5) is 11.4 Å². The van der Waals surface area contributed by atoms with Gasteiger partial charge in [-0.3, -0.25) is 9.59 Å². The molecule has 0 aliphatic carbocycles. The first-order valence-electron chi connectivity index (χ1n) is 10.3. The molecule has 0 spiro atoms. The van der Waals surface area contributed by atoms with E-state index in [1.54, 1.807) is 19.2 Å². The second kappa shape index (κ2) is 11.1. The second-order valence-electron chi connectivity index (χ2n) is 7.32. The molecule has 0 saturated carbocycles. The third kappa shape index (κ3) is 5.83. The first-order valence-corrected chi connectivity index (χ1v) is 11.1. The van der Waals surface area contributed by atoms with Crippen LogP contribution in [-0.2, 0) is 4.74 Å². The summed E-state index contributed by atoms with van der Waals surface area (Å²) in [5.41, 5.74) is 2.64. The van der Waals surface area contributed by atoms with Crippen LogP contribution >= 0.6 is 15.9 Å².